The van der Waals surface area contributed by atoms with E-state index in [0.29, 0.717) is 6.42 Å². The van der Waals surface area contributed by atoms with Gasteiger partial charge in [-0.2, -0.15) is 0 Å². The molecule has 21 heavy (non-hydrogen) atoms. The zero-order valence-electron chi connectivity index (χ0n) is 11.6. The van der Waals surface area contributed by atoms with Crippen molar-refractivity contribution in [1.29, 1.82) is 0 Å². The second kappa shape index (κ2) is 6.87. The average molecular weight is 314 g/mol. The average Bonchev–Trinajstić information content (AvgIpc) is 2.46. The quantitative estimate of drug-likeness (QED) is 0.484. The van der Waals surface area contributed by atoms with Crippen molar-refractivity contribution in [1.82, 2.24) is 0 Å². The van der Waals surface area contributed by atoms with Gasteiger partial charge in [-0.3, -0.25) is 10.1 Å². The Morgan fingerprint density at radius 3 is 2.71 bits per heavy atom. The van der Waals surface area contributed by atoms with Gasteiger partial charge in [-0.05, 0) is 31.4 Å². The first-order valence-electron chi connectivity index (χ1n) is 6.69. The molecule has 0 heterocycles. The highest BCUT2D eigenvalue weighted by Gasteiger charge is 2.25. The second-order valence-corrected chi connectivity index (χ2v) is 5.38. The van der Waals surface area contributed by atoms with E-state index in [0.717, 1.165) is 19.3 Å². The lowest BCUT2D eigenvalue weighted by molar-refractivity contribution is -0.384. The van der Waals surface area contributed by atoms with Crippen molar-refractivity contribution in [2.45, 2.75) is 37.9 Å². The maximum absolute atomic E-state index is 12.0. The molecule has 0 bridgehead atoms. The van der Waals surface area contributed by atoms with Crippen molar-refractivity contribution in [2.24, 2.45) is 0 Å². The number of methoxy groups -OCH3 is 1. The van der Waals surface area contributed by atoms with Crippen LogP contribution in [0.2, 0.25) is 5.02 Å². The van der Waals surface area contributed by atoms with E-state index in [1.54, 1.807) is 7.11 Å². The van der Waals surface area contributed by atoms with E-state index in [4.69, 9.17) is 21.1 Å². The van der Waals surface area contributed by atoms with E-state index in [9.17, 15) is 14.9 Å². The molecule has 2 unspecified atom stereocenters. The number of nitro benzene ring substituents is 1. The first kappa shape index (κ1) is 15.7. The fourth-order valence-corrected chi connectivity index (χ4v) is 2.67. The van der Waals surface area contributed by atoms with Crippen LogP contribution in [0, 0.1) is 10.1 Å². The molecule has 1 aliphatic rings. The Bertz CT molecular complexity index is 548. The predicted molar refractivity (Wildman–Crippen MR) is 76.6 cm³/mol. The molecular weight excluding hydrogens is 298 g/mol. The third-order valence-corrected chi connectivity index (χ3v) is 3.87. The Morgan fingerprint density at radius 1 is 1.38 bits per heavy atom. The number of ether oxygens (including phenoxy) is 2. The number of carbonyl (C=O) groups is 1. The van der Waals surface area contributed by atoms with Gasteiger partial charge >= 0.3 is 5.97 Å². The van der Waals surface area contributed by atoms with Crippen LogP contribution < -0.4 is 0 Å². The minimum Gasteiger partial charge on any atom is -0.459 e. The topological polar surface area (TPSA) is 78.7 Å². The third-order valence-electron chi connectivity index (χ3n) is 3.57. The highest BCUT2D eigenvalue weighted by atomic mass is 35.5. The SMILES string of the molecule is COC1CCCC(OC(=O)c2ccc([N+](=O)[O-])c(Cl)c2)C1. The lowest BCUT2D eigenvalue weighted by atomic mass is 9.95. The van der Waals surface area contributed by atoms with Gasteiger partial charge in [-0.1, -0.05) is 11.6 Å². The van der Waals surface area contributed by atoms with Gasteiger partial charge in [0.2, 0.25) is 0 Å². The first-order chi connectivity index (χ1) is 10.0. The number of rotatable bonds is 4. The molecule has 1 aromatic rings. The van der Waals surface area contributed by atoms with Gasteiger partial charge in [0.25, 0.3) is 5.69 Å². The zero-order valence-corrected chi connectivity index (χ0v) is 12.3. The van der Waals surface area contributed by atoms with Crippen LogP contribution >= 0.6 is 11.6 Å². The standard InChI is InChI=1S/C14H16ClNO5/c1-20-10-3-2-4-11(8-10)21-14(17)9-5-6-13(16(18)19)12(15)7-9/h5-7,10-11H,2-4,8H2,1H3. The van der Waals surface area contributed by atoms with Gasteiger partial charge in [0.1, 0.15) is 11.1 Å². The summed E-state index contributed by atoms with van der Waals surface area (Å²) in [6, 6.07) is 3.82. The van der Waals surface area contributed by atoms with Crippen molar-refractivity contribution < 1.29 is 19.2 Å². The molecule has 1 aromatic carbocycles. The van der Waals surface area contributed by atoms with E-state index in [1.165, 1.54) is 18.2 Å². The van der Waals surface area contributed by atoms with Crippen LogP contribution in [0.4, 0.5) is 5.69 Å². The Morgan fingerprint density at radius 2 is 2.10 bits per heavy atom. The first-order valence-corrected chi connectivity index (χ1v) is 7.06. The Hall–Kier alpha value is -1.66. The van der Waals surface area contributed by atoms with E-state index in [-0.39, 0.29) is 28.5 Å². The normalized spacial score (nSPS) is 21.8. The van der Waals surface area contributed by atoms with Gasteiger partial charge in [-0.25, -0.2) is 4.79 Å². The molecule has 114 valence electrons. The lowest BCUT2D eigenvalue weighted by Gasteiger charge is -2.27. The van der Waals surface area contributed by atoms with E-state index in [2.05, 4.69) is 0 Å². The van der Waals surface area contributed by atoms with Crippen LogP contribution in [0.5, 0.6) is 0 Å². The molecule has 1 aliphatic carbocycles. The second-order valence-electron chi connectivity index (χ2n) is 4.97. The Labute approximate surface area is 127 Å². The summed E-state index contributed by atoms with van der Waals surface area (Å²) in [6.07, 6.45) is 3.29. The van der Waals surface area contributed by atoms with E-state index < -0.39 is 10.9 Å². The summed E-state index contributed by atoms with van der Waals surface area (Å²) in [4.78, 5) is 22.1. The number of hydrogen-bond donors (Lipinski definition) is 0. The Balaban J connectivity index is 2.03. The number of hydrogen-bond acceptors (Lipinski definition) is 5. The monoisotopic (exact) mass is 313 g/mol. The maximum Gasteiger partial charge on any atom is 0.338 e. The number of carbonyl (C=O) groups excluding carboxylic acids is 1. The molecule has 1 fully saturated rings. The zero-order chi connectivity index (χ0) is 15.4. The molecule has 7 heteroatoms. The molecule has 1 saturated carbocycles. The number of halogens is 1. The summed E-state index contributed by atoms with van der Waals surface area (Å²) >= 11 is 5.79. The minimum absolute atomic E-state index is 0.0761. The molecule has 0 amide bonds. The summed E-state index contributed by atoms with van der Waals surface area (Å²) in [6.45, 7) is 0. The highest BCUT2D eigenvalue weighted by molar-refractivity contribution is 6.33. The minimum atomic E-state index is -0.595. The van der Waals surface area contributed by atoms with Crippen LogP contribution in [0.1, 0.15) is 36.0 Å². The fraction of sp³-hybridized carbons (Fsp3) is 0.500. The molecular formula is C14H16ClNO5. The summed E-state index contributed by atoms with van der Waals surface area (Å²) in [5.74, 6) is -0.520. The largest absolute Gasteiger partial charge is 0.459 e. The summed E-state index contributed by atoms with van der Waals surface area (Å²) in [5, 5.41) is 10.6. The van der Waals surface area contributed by atoms with Crippen molar-refractivity contribution in [2.75, 3.05) is 7.11 Å². The van der Waals surface area contributed by atoms with Gasteiger partial charge in [0, 0.05) is 19.6 Å². The van der Waals surface area contributed by atoms with Crippen molar-refractivity contribution >= 4 is 23.3 Å². The van der Waals surface area contributed by atoms with Crippen molar-refractivity contribution in [3.05, 3.63) is 38.9 Å². The van der Waals surface area contributed by atoms with Gasteiger partial charge in [0.05, 0.1) is 16.6 Å². The molecule has 0 N–H and O–H groups in total. The van der Waals surface area contributed by atoms with Crippen molar-refractivity contribution in [3.8, 4) is 0 Å². The summed E-state index contributed by atoms with van der Waals surface area (Å²) in [5.41, 5.74) is -0.0181. The molecule has 0 aromatic heterocycles. The molecule has 0 aliphatic heterocycles. The van der Waals surface area contributed by atoms with E-state index >= 15 is 0 Å². The molecule has 0 spiro atoms. The van der Waals surface area contributed by atoms with Crippen LogP contribution in [0.15, 0.2) is 18.2 Å². The van der Waals surface area contributed by atoms with Crippen molar-refractivity contribution in [3.63, 3.8) is 0 Å². The maximum atomic E-state index is 12.0. The molecule has 2 atom stereocenters. The summed E-state index contributed by atoms with van der Waals surface area (Å²) in [7, 11) is 1.64. The Kier molecular flexibility index (Phi) is 5.14. The molecule has 0 saturated heterocycles. The number of nitrogens with zero attached hydrogens (tertiary/aromatic N) is 1. The van der Waals surface area contributed by atoms with Gasteiger partial charge in [-0.15, -0.1) is 0 Å². The third kappa shape index (κ3) is 3.92. The lowest BCUT2D eigenvalue weighted by Crippen LogP contribution is -2.29. The molecule has 6 nitrogen and oxygen atoms in total. The molecule has 0 radical (unpaired) electrons. The number of esters is 1. The fourth-order valence-electron chi connectivity index (χ4n) is 2.42. The van der Waals surface area contributed by atoms with Crippen LogP contribution in [-0.4, -0.2) is 30.2 Å². The van der Waals surface area contributed by atoms with Crippen LogP contribution in [0.25, 0.3) is 0 Å². The van der Waals surface area contributed by atoms with Crippen LogP contribution in [0.3, 0.4) is 0 Å². The van der Waals surface area contributed by atoms with Gasteiger partial charge < -0.3 is 9.47 Å². The molecule has 2 rings (SSSR count). The number of benzene rings is 1. The predicted octanol–water partition coefficient (Wildman–Crippen LogP) is 3.36. The van der Waals surface area contributed by atoms with E-state index in [1.807, 2.05) is 0 Å². The summed E-state index contributed by atoms with van der Waals surface area (Å²) < 4.78 is 10.7. The highest BCUT2D eigenvalue weighted by Crippen LogP contribution is 2.27. The number of nitro groups is 1. The smallest absolute Gasteiger partial charge is 0.338 e. The van der Waals surface area contributed by atoms with Crippen LogP contribution in [-0.2, 0) is 9.47 Å². The van der Waals surface area contributed by atoms with Gasteiger partial charge in [0.15, 0.2) is 0 Å².